The molecular formula is C16H25NO4. The average Bonchev–Trinajstić information content (AvgIpc) is 2.90. The predicted octanol–water partition coefficient (Wildman–Crippen LogP) is 2.50. The highest BCUT2D eigenvalue weighted by atomic mass is 16.7. The molecule has 1 aliphatic rings. The van der Waals surface area contributed by atoms with Crippen LogP contribution in [0.5, 0.6) is 17.2 Å². The summed E-state index contributed by atoms with van der Waals surface area (Å²) in [7, 11) is 0. The molecule has 0 radical (unpaired) electrons. The molecule has 0 aromatic heterocycles. The molecule has 5 nitrogen and oxygen atoms in total. The first-order valence-corrected chi connectivity index (χ1v) is 7.52. The lowest BCUT2D eigenvalue weighted by Crippen LogP contribution is -2.22. The van der Waals surface area contributed by atoms with Gasteiger partial charge in [-0.05, 0) is 38.3 Å². The molecule has 0 bridgehead atoms. The van der Waals surface area contributed by atoms with Crippen molar-refractivity contribution in [3.05, 3.63) is 17.7 Å². The van der Waals surface area contributed by atoms with Gasteiger partial charge in [0.15, 0.2) is 11.5 Å². The summed E-state index contributed by atoms with van der Waals surface area (Å²) in [4.78, 5) is 0. The molecule has 5 heteroatoms. The summed E-state index contributed by atoms with van der Waals surface area (Å²) >= 11 is 0. The number of fused-ring (bicyclic) bond motifs is 1. The van der Waals surface area contributed by atoms with Gasteiger partial charge in [0, 0.05) is 12.1 Å². The summed E-state index contributed by atoms with van der Waals surface area (Å²) in [6, 6.07) is 3.96. The zero-order valence-electron chi connectivity index (χ0n) is 13.1. The topological polar surface area (TPSA) is 62.9 Å². The van der Waals surface area contributed by atoms with Crippen LogP contribution in [0.1, 0.15) is 32.8 Å². The van der Waals surface area contributed by atoms with Crippen LogP contribution >= 0.6 is 0 Å². The third-order valence-electron chi connectivity index (χ3n) is 3.35. The number of hydrogen-bond acceptors (Lipinski definition) is 5. The standard InChI is InChI=1S/C16H25NO4/c1-4-13(17)7-12-8-15-16(21-10-20-15)9-14(12)19-6-5-18-11(2)3/h8-9,11,13H,4-7,10,17H2,1-3H3. The van der Waals surface area contributed by atoms with Crippen LogP contribution in [0.4, 0.5) is 0 Å². The van der Waals surface area contributed by atoms with Crippen molar-refractivity contribution in [3.8, 4) is 17.2 Å². The molecule has 0 amide bonds. The van der Waals surface area contributed by atoms with Crippen LogP contribution in [0.3, 0.4) is 0 Å². The fourth-order valence-electron chi connectivity index (χ4n) is 2.12. The number of nitrogens with two attached hydrogens (primary N) is 1. The van der Waals surface area contributed by atoms with Crippen LogP contribution in [0, 0.1) is 0 Å². The van der Waals surface area contributed by atoms with E-state index in [2.05, 4.69) is 6.92 Å². The molecule has 118 valence electrons. The van der Waals surface area contributed by atoms with Crippen molar-refractivity contribution in [1.29, 1.82) is 0 Å². The van der Waals surface area contributed by atoms with E-state index >= 15 is 0 Å². The maximum Gasteiger partial charge on any atom is 0.231 e. The highest BCUT2D eigenvalue weighted by Crippen LogP contribution is 2.38. The second-order valence-electron chi connectivity index (χ2n) is 5.45. The van der Waals surface area contributed by atoms with E-state index in [1.54, 1.807) is 0 Å². The van der Waals surface area contributed by atoms with Gasteiger partial charge in [-0.3, -0.25) is 0 Å². The van der Waals surface area contributed by atoms with Crippen LogP contribution in [0.2, 0.25) is 0 Å². The Bertz CT molecular complexity index is 462. The lowest BCUT2D eigenvalue weighted by molar-refractivity contribution is 0.0550. The Balaban J connectivity index is 2.05. The molecule has 0 spiro atoms. The SMILES string of the molecule is CCC(N)Cc1cc2c(cc1OCCOC(C)C)OCO2. The Morgan fingerprint density at radius 1 is 1.19 bits per heavy atom. The molecule has 0 saturated heterocycles. The molecule has 1 unspecified atom stereocenters. The molecule has 21 heavy (non-hydrogen) atoms. The van der Waals surface area contributed by atoms with Gasteiger partial charge in [0.1, 0.15) is 12.4 Å². The zero-order chi connectivity index (χ0) is 15.2. The van der Waals surface area contributed by atoms with Gasteiger partial charge < -0.3 is 24.7 Å². The van der Waals surface area contributed by atoms with Gasteiger partial charge in [0.05, 0.1) is 12.7 Å². The van der Waals surface area contributed by atoms with E-state index in [0.29, 0.717) is 13.2 Å². The van der Waals surface area contributed by atoms with Gasteiger partial charge in [-0.2, -0.15) is 0 Å². The van der Waals surface area contributed by atoms with E-state index in [4.69, 9.17) is 24.7 Å². The highest BCUT2D eigenvalue weighted by Gasteiger charge is 2.19. The second kappa shape index (κ2) is 7.52. The Labute approximate surface area is 126 Å². The quantitative estimate of drug-likeness (QED) is 0.747. The molecule has 1 heterocycles. The maximum absolute atomic E-state index is 6.06. The minimum Gasteiger partial charge on any atom is -0.491 e. The summed E-state index contributed by atoms with van der Waals surface area (Å²) in [5.74, 6) is 2.29. The summed E-state index contributed by atoms with van der Waals surface area (Å²) in [5.41, 5.74) is 7.12. The van der Waals surface area contributed by atoms with E-state index in [9.17, 15) is 0 Å². The van der Waals surface area contributed by atoms with Crippen molar-refractivity contribution in [2.24, 2.45) is 5.73 Å². The predicted molar refractivity (Wildman–Crippen MR) is 81.1 cm³/mol. The molecule has 1 aromatic carbocycles. The molecule has 0 saturated carbocycles. The van der Waals surface area contributed by atoms with Crippen LogP contribution < -0.4 is 19.9 Å². The highest BCUT2D eigenvalue weighted by molar-refractivity contribution is 5.52. The van der Waals surface area contributed by atoms with Crippen molar-refractivity contribution < 1.29 is 18.9 Å². The number of benzene rings is 1. The summed E-state index contributed by atoms with van der Waals surface area (Å²) in [5, 5.41) is 0. The Hall–Kier alpha value is -1.46. The van der Waals surface area contributed by atoms with E-state index in [1.807, 2.05) is 26.0 Å². The molecule has 1 aliphatic heterocycles. The van der Waals surface area contributed by atoms with Crippen LogP contribution in [0.15, 0.2) is 12.1 Å². The zero-order valence-corrected chi connectivity index (χ0v) is 13.1. The van der Waals surface area contributed by atoms with Crippen molar-refractivity contribution in [3.63, 3.8) is 0 Å². The summed E-state index contributed by atoms with van der Waals surface area (Å²) in [6.45, 7) is 7.42. The van der Waals surface area contributed by atoms with Gasteiger partial charge in [-0.25, -0.2) is 0 Å². The van der Waals surface area contributed by atoms with Gasteiger partial charge in [0.25, 0.3) is 0 Å². The largest absolute Gasteiger partial charge is 0.491 e. The van der Waals surface area contributed by atoms with Crippen molar-refractivity contribution in [2.45, 2.75) is 45.8 Å². The summed E-state index contributed by atoms with van der Waals surface area (Å²) in [6.07, 6.45) is 1.89. The molecule has 0 aliphatic carbocycles. The Morgan fingerprint density at radius 3 is 2.57 bits per heavy atom. The van der Waals surface area contributed by atoms with Gasteiger partial charge in [-0.1, -0.05) is 6.92 Å². The maximum atomic E-state index is 6.06. The summed E-state index contributed by atoms with van der Waals surface area (Å²) < 4.78 is 22.2. The Kier molecular flexibility index (Phi) is 5.70. The first-order valence-electron chi connectivity index (χ1n) is 7.52. The molecule has 1 aromatic rings. The second-order valence-corrected chi connectivity index (χ2v) is 5.45. The lowest BCUT2D eigenvalue weighted by Gasteiger charge is -2.16. The number of rotatable bonds is 8. The average molecular weight is 295 g/mol. The number of hydrogen-bond donors (Lipinski definition) is 1. The van der Waals surface area contributed by atoms with Crippen LogP contribution in [-0.4, -0.2) is 32.2 Å². The fraction of sp³-hybridized carbons (Fsp3) is 0.625. The number of ether oxygens (including phenoxy) is 4. The van der Waals surface area contributed by atoms with Gasteiger partial charge in [-0.15, -0.1) is 0 Å². The fourth-order valence-corrected chi connectivity index (χ4v) is 2.12. The molecule has 0 fully saturated rings. The Morgan fingerprint density at radius 2 is 1.90 bits per heavy atom. The molecular weight excluding hydrogens is 270 g/mol. The van der Waals surface area contributed by atoms with E-state index < -0.39 is 0 Å². The van der Waals surface area contributed by atoms with Gasteiger partial charge >= 0.3 is 0 Å². The minimum absolute atomic E-state index is 0.111. The van der Waals surface area contributed by atoms with Crippen LogP contribution in [-0.2, 0) is 11.2 Å². The van der Waals surface area contributed by atoms with Crippen LogP contribution in [0.25, 0.3) is 0 Å². The third-order valence-corrected chi connectivity index (χ3v) is 3.35. The molecule has 2 N–H and O–H groups in total. The molecule has 1 atom stereocenters. The van der Waals surface area contributed by atoms with Crippen molar-refractivity contribution in [1.82, 2.24) is 0 Å². The van der Waals surface area contributed by atoms with E-state index in [1.165, 1.54) is 0 Å². The van der Waals surface area contributed by atoms with Gasteiger partial charge in [0.2, 0.25) is 6.79 Å². The monoisotopic (exact) mass is 295 g/mol. The van der Waals surface area contributed by atoms with Crippen molar-refractivity contribution >= 4 is 0 Å². The minimum atomic E-state index is 0.111. The van der Waals surface area contributed by atoms with E-state index in [-0.39, 0.29) is 18.9 Å². The normalized spacial score (nSPS) is 14.5. The third kappa shape index (κ3) is 4.51. The smallest absolute Gasteiger partial charge is 0.231 e. The first-order chi connectivity index (χ1) is 10.1. The molecule has 2 rings (SSSR count). The van der Waals surface area contributed by atoms with Crippen molar-refractivity contribution in [2.75, 3.05) is 20.0 Å². The first kappa shape index (κ1) is 15.9. The van der Waals surface area contributed by atoms with E-state index in [0.717, 1.165) is 35.7 Å². The lowest BCUT2D eigenvalue weighted by atomic mass is 10.0.